The van der Waals surface area contributed by atoms with Gasteiger partial charge in [-0.25, -0.2) is 0 Å². The molecular weight excluding hydrogens is 212 g/mol. The molecule has 0 aromatic carbocycles. The van der Waals surface area contributed by atoms with Crippen LogP contribution in [0.1, 0.15) is 44.3 Å². The molecule has 98 valence electrons. The average Bonchev–Trinajstić information content (AvgIpc) is 2.66. The molecule has 1 atom stereocenters. The first-order valence-electron chi connectivity index (χ1n) is 6.57. The van der Waals surface area contributed by atoms with Crippen molar-refractivity contribution in [2.75, 3.05) is 13.6 Å². The number of nitrogens with one attached hydrogen (secondary N) is 1. The van der Waals surface area contributed by atoms with E-state index in [1.807, 2.05) is 0 Å². The van der Waals surface area contributed by atoms with Gasteiger partial charge in [0.1, 0.15) is 11.5 Å². The highest BCUT2D eigenvalue weighted by Crippen LogP contribution is 2.17. The van der Waals surface area contributed by atoms with Gasteiger partial charge in [-0.15, -0.1) is 0 Å². The van der Waals surface area contributed by atoms with E-state index in [-0.39, 0.29) is 0 Å². The van der Waals surface area contributed by atoms with E-state index in [1.54, 1.807) is 0 Å². The molecule has 3 heteroatoms. The summed E-state index contributed by atoms with van der Waals surface area (Å²) in [5.41, 5.74) is 1.31. The lowest BCUT2D eigenvalue weighted by Crippen LogP contribution is -2.27. The molecule has 0 fully saturated rings. The summed E-state index contributed by atoms with van der Waals surface area (Å²) in [6, 6.07) is 2.79. The second-order valence-corrected chi connectivity index (χ2v) is 4.75. The molecule has 0 saturated heterocycles. The number of rotatable bonds is 7. The number of hydrogen-bond donors (Lipinski definition) is 1. The Morgan fingerprint density at radius 1 is 1.41 bits per heavy atom. The summed E-state index contributed by atoms with van der Waals surface area (Å²) in [6.07, 6.45) is 1.18. The fourth-order valence-corrected chi connectivity index (χ4v) is 1.82. The Morgan fingerprint density at radius 2 is 2.12 bits per heavy atom. The minimum atomic E-state index is 0.613. The van der Waals surface area contributed by atoms with Crippen LogP contribution in [0, 0.1) is 6.92 Å². The van der Waals surface area contributed by atoms with E-state index in [4.69, 9.17) is 4.42 Å². The standard InChI is InChI=1S/C14H26N2O/c1-6-11(3)16(5)10-13-8-14(9-15-7-2)17-12(13)4/h8,11,15H,6-7,9-10H2,1-5H3. The minimum Gasteiger partial charge on any atom is -0.465 e. The maximum absolute atomic E-state index is 5.74. The van der Waals surface area contributed by atoms with Crippen molar-refractivity contribution in [2.45, 2.75) is 53.2 Å². The Kier molecular flexibility index (Phi) is 5.72. The van der Waals surface area contributed by atoms with Gasteiger partial charge in [-0.3, -0.25) is 4.90 Å². The third-order valence-corrected chi connectivity index (χ3v) is 3.38. The number of hydrogen-bond acceptors (Lipinski definition) is 3. The van der Waals surface area contributed by atoms with E-state index in [0.717, 1.165) is 31.2 Å². The molecule has 0 aliphatic rings. The van der Waals surface area contributed by atoms with Crippen LogP contribution in [0.5, 0.6) is 0 Å². The lowest BCUT2D eigenvalue weighted by atomic mass is 10.2. The van der Waals surface area contributed by atoms with Crippen molar-refractivity contribution in [3.05, 3.63) is 23.2 Å². The van der Waals surface area contributed by atoms with Crippen molar-refractivity contribution in [2.24, 2.45) is 0 Å². The zero-order valence-electron chi connectivity index (χ0n) is 11.8. The predicted octanol–water partition coefficient (Wildman–Crippen LogP) is 2.93. The molecule has 3 nitrogen and oxygen atoms in total. The number of aryl methyl sites for hydroxylation is 1. The van der Waals surface area contributed by atoms with E-state index in [0.29, 0.717) is 6.04 Å². The zero-order chi connectivity index (χ0) is 12.8. The van der Waals surface area contributed by atoms with E-state index >= 15 is 0 Å². The summed E-state index contributed by atoms with van der Waals surface area (Å²) in [7, 11) is 2.17. The predicted molar refractivity (Wildman–Crippen MR) is 72.0 cm³/mol. The van der Waals surface area contributed by atoms with Gasteiger partial charge >= 0.3 is 0 Å². The first kappa shape index (κ1) is 14.3. The number of furan rings is 1. The molecule has 0 radical (unpaired) electrons. The molecule has 1 unspecified atom stereocenters. The molecule has 1 rings (SSSR count). The van der Waals surface area contributed by atoms with Gasteiger partial charge in [0.05, 0.1) is 6.54 Å². The van der Waals surface area contributed by atoms with Gasteiger partial charge in [0, 0.05) is 18.2 Å². The third-order valence-electron chi connectivity index (χ3n) is 3.38. The Hall–Kier alpha value is -0.800. The minimum absolute atomic E-state index is 0.613. The van der Waals surface area contributed by atoms with Gasteiger partial charge in [-0.2, -0.15) is 0 Å². The molecule has 0 aliphatic carbocycles. The van der Waals surface area contributed by atoms with Gasteiger partial charge in [0.2, 0.25) is 0 Å². The molecule has 17 heavy (non-hydrogen) atoms. The smallest absolute Gasteiger partial charge is 0.118 e. The van der Waals surface area contributed by atoms with Crippen LogP contribution in [0.2, 0.25) is 0 Å². The molecule has 1 aromatic heterocycles. The average molecular weight is 238 g/mol. The fourth-order valence-electron chi connectivity index (χ4n) is 1.82. The van der Waals surface area contributed by atoms with E-state index in [1.165, 1.54) is 12.0 Å². The van der Waals surface area contributed by atoms with Crippen molar-refractivity contribution >= 4 is 0 Å². The summed E-state index contributed by atoms with van der Waals surface area (Å²) in [6.45, 7) is 11.4. The van der Waals surface area contributed by atoms with Crippen LogP contribution < -0.4 is 5.32 Å². The van der Waals surface area contributed by atoms with Crippen molar-refractivity contribution in [3.63, 3.8) is 0 Å². The van der Waals surface area contributed by atoms with Crippen molar-refractivity contribution in [1.82, 2.24) is 10.2 Å². The molecule has 0 aliphatic heterocycles. The van der Waals surface area contributed by atoms with Crippen molar-refractivity contribution < 1.29 is 4.42 Å². The van der Waals surface area contributed by atoms with E-state index in [2.05, 4.69) is 51.0 Å². The van der Waals surface area contributed by atoms with Gasteiger partial charge in [0.25, 0.3) is 0 Å². The Bertz CT molecular complexity index is 333. The monoisotopic (exact) mass is 238 g/mol. The highest BCUT2D eigenvalue weighted by atomic mass is 16.3. The quantitative estimate of drug-likeness (QED) is 0.791. The fraction of sp³-hybridized carbons (Fsp3) is 0.714. The second-order valence-electron chi connectivity index (χ2n) is 4.75. The van der Waals surface area contributed by atoms with Crippen LogP contribution in [0.3, 0.4) is 0 Å². The van der Waals surface area contributed by atoms with Crippen LogP contribution in [0.15, 0.2) is 10.5 Å². The van der Waals surface area contributed by atoms with Crippen molar-refractivity contribution in [1.29, 1.82) is 0 Å². The maximum Gasteiger partial charge on any atom is 0.118 e. The topological polar surface area (TPSA) is 28.4 Å². The van der Waals surface area contributed by atoms with Crippen LogP contribution in [-0.4, -0.2) is 24.5 Å². The highest BCUT2D eigenvalue weighted by molar-refractivity contribution is 5.20. The lowest BCUT2D eigenvalue weighted by molar-refractivity contribution is 0.242. The summed E-state index contributed by atoms with van der Waals surface area (Å²) in [5, 5.41) is 3.28. The molecule has 0 spiro atoms. The number of nitrogens with zero attached hydrogens (tertiary/aromatic N) is 1. The molecule has 0 amide bonds. The van der Waals surface area contributed by atoms with Crippen LogP contribution in [0.25, 0.3) is 0 Å². The molecular formula is C14H26N2O. The van der Waals surface area contributed by atoms with Gasteiger partial charge < -0.3 is 9.73 Å². The second kappa shape index (κ2) is 6.82. The van der Waals surface area contributed by atoms with Gasteiger partial charge in [-0.1, -0.05) is 13.8 Å². The van der Waals surface area contributed by atoms with Crippen LogP contribution in [0.4, 0.5) is 0 Å². The SMILES string of the molecule is CCNCc1cc(CN(C)C(C)CC)c(C)o1. The molecule has 0 saturated carbocycles. The molecule has 0 bridgehead atoms. The first-order valence-corrected chi connectivity index (χ1v) is 6.57. The zero-order valence-corrected chi connectivity index (χ0v) is 11.8. The molecule has 1 heterocycles. The van der Waals surface area contributed by atoms with E-state index in [9.17, 15) is 0 Å². The Morgan fingerprint density at radius 3 is 2.71 bits per heavy atom. The Labute approximate surface area is 105 Å². The largest absolute Gasteiger partial charge is 0.465 e. The van der Waals surface area contributed by atoms with E-state index < -0.39 is 0 Å². The van der Waals surface area contributed by atoms with Gasteiger partial charge in [0.15, 0.2) is 0 Å². The summed E-state index contributed by atoms with van der Waals surface area (Å²) in [4.78, 5) is 2.37. The maximum atomic E-state index is 5.74. The van der Waals surface area contributed by atoms with Crippen LogP contribution in [-0.2, 0) is 13.1 Å². The molecule has 1 aromatic rings. The molecule has 1 N–H and O–H groups in total. The summed E-state index contributed by atoms with van der Waals surface area (Å²) < 4.78 is 5.74. The Balaban J connectivity index is 2.61. The summed E-state index contributed by atoms with van der Waals surface area (Å²) in [5.74, 6) is 2.09. The lowest BCUT2D eigenvalue weighted by Gasteiger charge is -2.22. The summed E-state index contributed by atoms with van der Waals surface area (Å²) >= 11 is 0. The van der Waals surface area contributed by atoms with Crippen LogP contribution >= 0.6 is 0 Å². The normalized spacial score (nSPS) is 13.3. The first-order chi connectivity index (χ1) is 8.08. The third kappa shape index (κ3) is 4.17. The highest BCUT2D eigenvalue weighted by Gasteiger charge is 2.12. The van der Waals surface area contributed by atoms with Gasteiger partial charge in [-0.05, 0) is 39.9 Å². The van der Waals surface area contributed by atoms with Crippen molar-refractivity contribution in [3.8, 4) is 0 Å².